The number of carbonyl (C=O) groups excluding carboxylic acids is 2. The minimum atomic E-state index is -0.521. The highest BCUT2D eigenvalue weighted by atomic mass is 35.5. The lowest BCUT2D eigenvalue weighted by Gasteiger charge is -2.21. The van der Waals surface area contributed by atoms with E-state index in [1.165, 1.54) is 12.1 Å². The number of carbonyl (C=O) groups is 2. The average Bonchev–Trinajstić information content (AvgIpc) is 3.33. The van der Waals surface area contributed by atoms with Gasteiger partial charge in [-0.25, -0.2) is 4.39 Å². The molecule has 1 fully saturated rings. The van der Waals surface area contributed by atoms with Gasteiger partial charge in [-0.05, 0) is 48.0 Å². The van der Waals surface area contributed by atoms with Crippen molar-refractivity contribution in [2.24, 2.45) is 5.92 Å². The molecule has 3 aromatic carbocycles. The van der Waals surface area contributed by atoms with E-state index in [-0.39, 0.29) is 36.6 Å². The Hall–Kier alpha value is -3.58. The first-order valence-corrected chi connectivity index (χ1v) is 11.6. The number of rotatable bonds is 7. The molecule has 0 aromatic heterocycles. The van der Waals surface area contributed by atoms with Crippen LogP contribution in [0.2, 0.25) is 5.02 Å². The summed E-state index contributed by atoms with van der Waals surface area (Å²) in [5.41, 5.74) is 2.07. The van der Waals surface area contributed by atoms with Gasteiger partial charge in [0.25, 0.3) is 5.91 Å². The topological polar surface area (TPSA) is 67.9 Å². The number of likely N-dealkylation sites (tertiary alicyclic amines) is 1. The Bertz CT molecular complexity index is 1200. The molecule has 8 heteroatoms. The summed E-state index contributed by atoms with van der Waals surface area (Å²) in [5.74, 6) is -0.456. The second-order valence-electron chi connectivity index (χ2n) is 8.36. The van der Waals surface area contributed by atoms with Crippen molar-refractivity contribution < 1.29 is 23.5 Å². The molecule has 0 saturated carbocycles. The number of hydrogen-bond donors (Lipinski definition) is 1. The van der Waals surface area contributed by atoms with Gasteiger partial charge in [-0.15, -0.1) is 0 Å². The van der Waals surface area contributed by atoms with Crippen molar-refractivity contribution in [2.75, 3.05) is 27.3 Å². The fraction of sp³-hybridized carbons (Fsp3) is 0.259. The Labute approximate surface area is 208 Å². The number of nitrogens with one attached hydrogen (secondary N) is 1. The molecule has 2 atom stereocenters. The molecule has 182 valence electrons. The van der Waals surface area contributed by atoms with E-state index >= 15 is 0 Å². The summed E-state index contributed by atoms with van der Waals surface area (Å²) in [6.07, 6.45) is 0. The summed E-state index contributed by atoms with van der Waals surface area (Å²) in [4.78, 5) is 28.3. The second kappa shape index (κ2) is 10.8. The Kier molecular flexibility index (Phi) is 7.56. The van der Waals surface area contributed by atoms with Gasteiger partial charge >= 0.3 is 0 Å². The summed E-state index contributed by atoms with van der Waals surface area (Å²) >= 11 is 5.98. The second-order valence-corrected chi connectivity index (χ2v) is 8.79. The van der Waals surface area contributed by atoms with Crippen molar-refractivity contribution in [3.8, 4) is 11.5 Å². The highest BCUT2D eigenvalue weighted by Gasteiger charge is 2.42. The van der Waals surface area contributed by atoms with Gasteiger partial charge in [-0.2, -0.15) is 0 Å². The van der Waals surface area contributed by atoms with Gasteiger partial charge < -0.3 is 19.7 Å². The zero-order valence-corrected chi connectivity index (χ0v) is 20.2. The van der Waals surface area contributed by atoms with Crippen molar-refractivity contribution in [1.29, 1.82) is 0 Å². The summed E-state index contributed by atoms with van der Waals surface area (Å²) in [6, 6.07) is 18.2. The van der Waals surface area contributed by atoms with E-state index in [9.17, 15) is 14.0 Å². The van der Waals surface area contributed by atoms with Crippen LogP contribution in [0.3, 0.4) is 0 Å². The van der Waals surface area contributed by atoms with E-state index in [0.29, 0.717) is 28.6 Å². The maximum Gasteiger partial charge on any atom is 0.253 e. The minimum Gasteiger partial charge on any atom is -0.493 e. The van der Waals surface area contributed by atoms with Gasteiger partial charge in [-0.1, -0.05) is 35.9 Å². The molecule has 0 aliphatic carbocycles. The molecule has 0 radical (unpaired) electrons. The first-order chi connectivity index (χ1) is 16.9. The molecular weight excluding hydrogens is 471 g/mol. The molecule has 1 aliphatic heterocycles. The lowest BCUT2D eigenvalue weighted by molar-refractivity contribution is -0.125. The smallest absolute Gasteiger partial charge is 0.253 e. The Morgan fingerprint density at radius 2 is 1.71 bits per heavy atom. The van der Waals surface area contributed by atoms with E-state index in [4.69, 9.17) is 21.1 Å². The van der Waals surface area contributed by atoms with Crippen molar-refractivity contribution in [3.63, 3.8) is 0 Å². The quantitative estimate of drug-likeness (QED) is 0.516. The molecule has 0 spiro atoms. The Morgan fingerprint density at radius 1 is 1.00 bits per heavy atom. The number of hydrogen-bond acceptors (Lipinski definition) is 4. The minimum absolute atomic E-state index is 0.178. The summed E-state index contributed by atoms with van der Waals surface area (Å²) in [6.45, 7) is 0.823. The van der Waals surface area contributed by atoms with E-state index < -0.39 is 5.92 Å². The molecule has 4 rings (SSSR count). The summed E-state index contributed by atoms with van der Waals surface area (Å²) in [7, 11) is 3.11. The summed E-state index contributed by atoms with van der Waals surface area (Å²) in [5, 5.41) is 3.49. The number of nitrogens with zero attached hydrogens (tertiary/aromatic N) is 1. The third-order valence-electron chi connectivity index (χ3n) is 6.25. The normalized spacial score (nSPS) is 17.2. The fourth-order valence-corrected chi connectivity index (χ4v) is 4.58. The Balaban J connectivity index is 1.61. The molecular formula is C27H26ClFN2O4. The molecule has 0 bridgehead atoms. The number of methoxy groups -OCH3 is 2. The number of halogens is 2. The molecule has 35 heavy (non-hydrogen) atoms. The summed E-state index contributed by atoms with van der Waals surface area (Å²) < 4.78 is 24.3. The average molecular weight is 497 g/mol. The monoisotopic (exact) mass is 496 g/mol. The van der Waals surface area contributed by atoms with Gasteiger partial charge in [0.2, 0.25) is 5.91 Å². The van der Waals surface area contributed by atoms with Crippen LogP contribution in [-0.2, 0) is 11.3 Å². The van der Waals surface area contributed by atoms with Gasteiger partial charge in [0.1, 0.15) is 5.82 Å². The number of para-hydroxylation sites is 1. The van der Waals surface area contributed by atoms with Crippen LogP contribution >= 0.6 is 11.6 Å². The molecule has 1 heterocycles. The lowest BCUT2D eigenvalue weighted by Crippen LogP contribution is -2.35. The van der Waals surface area contributed by atoms with Crippen LogP contribution < -0.4 is 14.8 Å². The maximum absolute atomic E-state index is 13.4. The van der Waals surface area contributed by atoms with E-state index in [1.54, 1.807) is 61.6 Å². The largest absolute Gasteiger partial charge is 0.493 e. The standard InChI is InChI=1S/C27H26ClFN2O4/c1-34-24-5-3-4-21(25(24)35-2)22-15-31(27(33)18-8-10-19(28)11-9-18)16-23(22)26(32)30-14-17-6-12-20(29)13-7-17/h3-13,22-23H,14-16H2,1-2H3,(H,30,32)/t22-,23+/m0/s1. The zero-order chi connectivity index (χ0) is 24.9. The van der Waals surface area contributed by atoms with Crippen molar-refractivity contribution in [1.82, 2.24) is 10.2 Å². The number of ether oxygens (including phenoxy) is 2. The van der Waals surface area contributed by atoms with Crippen molar-refractivity contribution >= 4 is 23.4 Å². The molecule has 6 nitrogen and oxygen atoms in total. The van der Waals surface area contributed by atoms with Crippen LogP contribution in [0.4, 0.5) is 4.39 Å². The highest BCUT2D eigenvalue weighted by molar-refractivity contribution is 6.30. The SMILES string of the molecule is COc1cccc([C@@H]2CN(C(=O)c3ccc(Cl)cc3)C[C@H]2C(=O)NCc2ccc(F)cc2)c1OC. The van der Waals surface area contributed by atoms with Gasteiger partial charge in [-0.3, -0.25) is 9.59 Å². The van der Waals surface area contributed by atoms with Crippen molar-refractivity contribution in [3.05, 3.63) is 94.3 Å². The molecule has 0 unspecified atom stereocenters. The van der Waals surface area contributed by atoms with E-state index in [2.05, 4.69) is 5.32 Å². The first kappa shape index (κ1) is 24.5. The molecule has 3 aromatic rings. The molecule has 1 aliphatic rings. The number of benzene rings is 3. The lowest BCUT2D eigenvalue weighted by atomic mass is 9.87. The molecule has 2 amide bonds. The van der Waals surface area contributed by atoms with Gasteiger partial charge in [0.15, 0.2) is 11.5 Å². The van der Waals surface area contributed by atoms with Crippen LogP contribution in [0.1, 0.15) is 27.4 Å². The molecule has 1 N–H and O–H groups in total. The number of amides is 2. The fourth-order valence-electron chi connectivity index (χ4n) is 4.45. The third-order valence-corrected chi connectivity index (χ3v) is 6.50. The van der Waals surface area contributed by atoms with Crippen LogP contribution in [-0.4, -0.2) is 44.0 Å². The van der Waals surface area contributed by atoms with Gasteiger partial charge in [0.05, 0.1) is 20.1 Å². The van der Waals surface area contributed by atoms with E-state index in [0.717, 1.165) is 11.1 Å². The molecule has 1 saturated heterocycles. The van der Waals surface area contributed by atoms with Crippen LogP contribution in [0.5, 0.6) is 11.5 Å². The van der Waals surface area contributed by atoms with Crippen LogP contribution in [0.15, 0.2) is 66.7 Å². The van der Waals surface area contributed by atoms with E-state index in [1.807, 2.05) is 12.1 Å². The first-order valence-electron chi connectivity index (χ1n) is 11.2. The van der Waals surface area contributed by atoms with Crippen molar-refractivity contribution in [2.45, 2.75) is 12.5 Å². The third kappa shape index (κ3) is 5.41. The van der Waals surface area contributed by atoms with Crippen LogP contribution in [0, 0.1) is 11.7 Å². The van der Waals surface area contributed by atoms with Crippen LogP contribution in [0.25, 0.3) is 0 Å². The van der Waals surface area contributed by atoms with Gasteiger partial charge in [0, 0.05) is 41.7 Å². The zero-order valence-electron chi connectivity index (χ0n) is 19.5. The Morgan fingerprint density at radius 3 is 2.37 bits per heavy atom. The maximum atomic E-state index is 13.4. The predicted octanol–water partition coefficient (Wildman–Crippen LogP) is 4.67. The highest BCUT2D eigenvalue weighted by Crippen LogP contribution is 2.42. The predicted molar refractivity (Wildman–Crippen MR) is 131 cm³/mol.